The summed E-state index contributed by atoms with van der Waals surface area (Å²) in [6, 6.07) is 7.97. The van der Waals surface area contributed by atoms with Crippen molar-refractivity contribution in [2.75, 3.05) is 13.2 Å². The molecule has 0 saturated heterocycles. The number of thiazole rings is 1. The fraction of sp³-hybridized carbons (Fsp3) is 0.389. The summed E-state index contributed by atoms with van der Waals surface area (Å²) < 4.78 is 6.93. The molecule has 0 amide bonds. The van der Waals surface area contributed by atoms with Gasteiger partial charge in [0.05, 0.1) is 11.5 Å². The molecule has 1 heterocycles. The molecule has 0 aliphatic heterocycles. The van der Waals surface area contributed by atoms with E-state index in [1.54, 1.807) is 6.08 Å². The number of aromatic hydroxyl groups is 1. The summed E-state index contributed by atoms with van der Waals surface area (Å²) in [6.45, 7) is 3.53. The second-order valence-corrected chi connectivity index (χ2v) is 6.44. The zero-order valence-electron chi connectivity index (χ0n) is 13.9. The van der Waals surface area contributed by atoms with Gasteiger partial charge in [-0.3, -0.25) is 9.36 Å². The first-order valence-electron chi connectivity index (χ1n) is 8.16. The van der Waals surface area contributed by atoms with Crippen molar-refractivity contribution in [1.82, 2.24) is 4.57 Å². The van der Waals surface area contributed by atoms with E-state index in [1.807, 2.05) is 30.3 Å². The number of rotatable bonds is 9. The predicted molar refractivity (Wildman–Crippen MR) is 98.9 cm³/mol. The molecule has 0 bridgehead atoms. The number of benzene rings is 1. The summed E-state index contributed by atoms with van der Waals surface area (Å²) in [7, 11) is 0. The molecule has 2 rings (SSSR count). The van der Waals surface area contributed by atoms with Crippen molar-refractivity contribution in [2.45, 2.75) is 32.7 Å². The van der Waals surface area contributed by atoms with Crippen molar-refractivity contribution in [3.63, 3.8) is 0 Å². The Morgan fingerprint density at radius 1 is 1.33 bits per heavy atom. The monoisotopic (exact) mass is 348 g/mol. The van der Waals surface area contributed by atoms with Crippen molar-refractivity contribution in [1.29, 1.82) is 0 Å². The lowest BCUT2D eigenvalue weighted by molar-refractivity contribution is 0.309. The molecule has 2 aromatic rings. The summed E-state index contributed by atoms with van der Waals surface area (Å²) in [5, 5.41) is 10.0. The van der Waals surface area contributed by atoms with E-state index >= 15 is 0 Å². The van der Waals surface area contributed by atoms with Crippen LogP contribution in [0.25, 0.3) is 6.08 Å². The minimum absolute atomic E-state index is 0.00799. The maximum Gasteiger partial charge on any atom is 0.310 e. The summed E-state index contributed by atoms with van der Waals surface area (Å²) in [5.41, 5.74) is 6.58. The van der Waals surface area contributed by atoms with Crippen molar-refractivity contribution in [2.24, 2.45) is 5.73 Å². The third-order valence-electron chi connectivity index (χ3n) is 3.56. The third-order valence-corrected chi connectivity index (χ3v) is 4.49. The molecular formula is C18H24N2O3S. The van der Waals surface area contributed by atoms with Gasteiger partial charge in [0.25, 0.3) is 0 Å². The number of unbranched alkanes of at least 4 members (excludes halogenated alkanes) is 1. The Balaban J connectivity index is 1.94. The highest BCUT2D eigenvalue weighted by molar-refractivity contribution is 7.10. The Morgan fingerprint density at radius 3 is 2.75 bits per heavy atom. The number of aromatic nitrogens is 1. The lowest BCUT2D eigenvalue weighted by Crippen LogP contribution is -2.18. The first-order valence-corrected chi connectivity index (χ1v) is 8.98. The summed E-state index contributed by atoms with van der Waals surface area (Å²) >= 11 is 1.02. The smallest absolute Gasteiger partial charge is 0.310 e. The first-order chi connectivity index (χ1) is 11.7. The van der Waals surface area contributed by atoms with Gasteiger partial charge in [0.15, 0.2) is 0 Å². The maximum absolute atomic E-state index is 11.7. The number of allylic oxidation sites excluding steroid dienone is 1. The molecule has 24 heavy (non-hydrogen) atoms. The highest BCUT2D eigenvalue weighted by Crippen LogP contribution is 2.21. The Labute approximate surface area is 146 Å². The second-order valence-electron chi connectivity index (χ2n) is 5.45. The van der Waals surface area contributed by atoms with Crippen molar-refractivity contribution < 1.29 is 9.84 Å². The molecule has 1 aromatic heterocycles. The van der Waals surface area contributed by atoms with Gasteiger partial charge >= 0.3 is 4.87 Å². The molecule has 0 atom stereocenters. The van der Waals surface area contributed by atoms with Gasteiger partial charge in [-0.15, -0.1) is 0 Å². The highest BCUT2D eigenvalue weighted by atomic mass is 32.1. The summed E-state index contributed by atoms with van der Waals surface area (Å²) in [5.74, 6) is 0.872. The van der Waals surface area contributed by atoms with E-state index in [-0.39, 0.29) is 10.8 Å². The average molecular weight is 348 g/mol. The Bertz CT molecular complexity index is 717. The highest BCUT2D eigenvalue weighted by Gasteiger charge is 2.10. The molecule has 0 unspecified atom stereocenters. The van der Waals surface area contributed by atoms with Crippen LogP contribution in [-0.2, 0) is 13.0 Å². The summed E-state index contributed by atoms with van der Waals surface area (Å²) in [4.78, 5) is 12.1. The molecule has 5 nitrogen and oxygen atoms in total. The van der Waals surface area contributed by atoms with Gasteiger partial charge in [-0.25, -0.2) is 0 Å². The van der Waals surface area contributed by atoms with E-state index in [0.717, 1.165) is 48.5 Å². The summed E-state index contributed by atoms with van der Waals surface area (Å²) in [6.07, 6.45) is 6.61. The fourth-order valence-electron chi connectivity index (χ4n) is 2.21. The number of nitrogens with two attached hydrogens (primary N) is 1. The van der Waals surface area contributed by atoms with Crippen LogP contribution in [0.3, 0.4) is 0 Å². The number of hydrogen-bond donors (Lipinski definition) is 2. The molecule has 0 saturated carbocycles. The largest absolute Gasteiger partial charge is 0.494 e. The van der Waals surface area contributed by atoms with E-state index < -0.39 is 0 Å². The van der Waals surface area contributed by atoms with Gasteiger partial charge in [-0.05, 0) is 36.6 Å². The first kappa shape index (κ1) is 18.3. The molecule has 6 heteroatoms. The van der Waals surface area contributed by atoms with Crippen LogP contribution in [0.1, 0.15) is 30.2 Å². The Kier molecular flexibility index (Phi) is 7.08. The predicted octanol–water partition coefficient (Wildman–Crippen LogP) is 3.01. The van der Waals surface area contributed by atoms with Gasteiger partial charge in [-0.2, -0.15) is 0 Å². The molecule has 0 spiro atoms. The van der Waals surface area contributed by atoms with Crippen molar-refractivity contribution in [3.8, 4) is 11.6 Å². The van der Waals surface area contributed by atoms with Gasteiger partial charge in [-0.1, -0.05) is 42.9 Å². The van der Waals surface area contributed by atoms with E-state index in [0.29, 0.717) is 18.0 Å². The molecule has 0 aliphatic rings. The molecule has 0 fully saturated rings. The van der Waals surface area contributed by atoms with Gasteiger partial charge in [0, 0.05) is 13.1 Å². The van der Waals surface area contributed by atoms with Crippen LogP contribution >= 0.6 is 11.3 Å². The zero-order valence-corrected chi connectivity index (χ0v) is 14.7. The van der Waals surface area contributed by atoms with Gasteiger partial charge in [0.1, 0.15) is 5.75 Å². The Morgan fingerprint density at radius 2 is 2.08 bits per heavy atom. The molecule has 0 radical (unpaired) electrons. The second kappa shape index (κ2) is 9.30. The van der Waals surface area contributed by atoms with Gasteiger partial charge in [0.2, 0.25) is 5.88 Å². The van der Waals surface area contributed by atoms with Crippen LogP contribution < -0.4 is 15.3 Å². The fourth-order valence-corrected chi connectivity index (χ4v) is 3.05. The van der Waals surface area contributed by atoms with Crippen LogP contribution in [0.5, 0.6) is 11.6 Å². The normalized spacial score (nSPS) is 11.2. The molecule has 130 valence electrons. The standard InChI is InChI=1S/C18H24N2O3S/c1-2-3-13-23-15-9-7-14(8-10-15)5-4-6-16-17(21)20(12-11-19)18(22)24-16/h4,6-10,21H,2-3,5,11-13,19H2,1H3/b6-4+. The van der Waals surface area contributed by atoms with E-state index in [9.17, 15) is 9.90 Å². The topological polar surface area (TPSA) is 77.5 Å². The minimum atomic E-state index is -0.189. The molecular weight excluding hydrogens is 324 g/mol. The van der Waals surface area contributed by atoms with Gasteiger partial charge < -0.3 is 15.6 Å². The number of nitrogens with zero attached hydrogens (tertiary/aromatic N) is 1. The number of hydrogen-bond acceptors (Lipinski definition) is 5. The van der Waals surface area contributed by atoms with Crippen LogP contribution in [0.4, 0.5) is 0 Å². The molecule has 1 aromatic carbocycles. The van der Waals surface area contributed by atoms with Crippen LogP contribution in [0, 0.1) is 0 Å². The molecule has 3 N–H and O–H groups in total. The average Bonchev–Trinajstić information content (AvgIpc) is 2.85. The third kappa shape index (κ3) is 4.97. The minimum Gasteiger partial charge on any atom is -0.494 e. The SMILES string of the molecule is CCCCOc1ccc(C/C=C/c2sc(=O)n(CCN)c2O)cc1. The van der Waals surface area contributed by atoms with E-state index in [1.165, 1.54) is 4.57 Å². The maximum atomic E-state index is 11.7. The number of ether oxygens (including phenoxy) is 1. The van der Waals surface area contributed by atoms with Crippen LogP contribution in [0.2, 0.25) is 0 Å². The lowest BCUT2D eigenvalue weighted by Gasteiger charge is -2.05. The van der Waals surface area contributed by atoms with Crippen LogP contribution in [-0.4, -0.2) is 22.8 Å². The Hall–Kier alpha value is -2.05. The molecule has 0 aliphatic carbocycles. The quantitative estimate of drug-likeness (QED) is 0.683. The zero-order chi connectivity index (χ0) is 17.4. The lowest BCUT2D eigenvalue weighted by atomic mass is 10.1. The van der Waals surface area contributed by atoms with Crippen LogP contribution in [0.15, 0.2) is 35.1 Å². The van der Waals surface area contributed by atoms with E-state index in [2.05, 4.69) is 6.92 Å². The van der Waals surface area contributed by atoms with Crippen molar-refractivity contribution >= 4 is 17.4 Å². The van der Waals surface area contributed by atoms with Crippen molar-refractivity contribution in [3.05, 3.63) is 50.4 Å². The van der Waals surface area contributed by atoms with E-state index in [4.69, 9.17) is 10.5 Å².